The number of carbonyl (C=O) groups excluding carboxylic acids is 1. The standard InChI is InChI=1S/C20H21NOS/c1-15-8-10-18(16(2)14-15)20-21(12-13-23-20)19(22)11-9-17-6-4-3-5-7-17/h3-11,14,20H,12-13H2,1-2H3/b11-9+/t20-/m0/s1. The van der Waals surface area contributed by atoms with Crippen LogP contribution < -0.4 is 0 Å². The van der Waals surface area contributed by atoms with Gasteiger partial charge >= 0.3 is 0 Å². The van der Waals surface area contributed by atoms with Crippen molar-refractivity contribution in [1.29, 1.82) is 0 Å². The predicted octanol–water partition coefficient (Wildman–Crippen LogP) is 4.59. The lowest BCUT2D eigenvalue weighted by atomic mass is 10.0. The van der Waals surface area contributed by atoms with Crippen LogP contribution in [0.5, 0.6) is 0 Å². The molecule has 2 aromatic carbocycles. The predicted molar refractivity (Wildman–Crippen MR) is 98.3 cm³/mol. The highest BCUT2D eigenvalue weighted by molar-refractivity contribution is 7.99. The molecule has 0 radical (unpaired) electrons. The first-order valence-electron chi connectivity index (χ1n) is 7.87. The number of nitrogens with zero attached hydrogens (tertiary/aromatic N) is 1. The lowest BCUT2D eigenvalue weighted by Gasteiger charge is -2.24. The molecule has 1 saturated heterocycles. The van der Waals surface area contributed by atoms with Crippen molar-refractivity contribution >= 4 is 23.7 Å². The Labute approximate surface area is 142 Å². The monoisotopic (exact) mass is 323 g/mol. The fourth-order valence-corrected chi connectivity index (χ4v) is 4.24. The molecular weight excluding hydrogens is 302 g/mol. The number of hydrogen-bond donors (Lipinski definition) is 0. The zero-order valence-electron chi connectivity index (χ0n) is 13.5. The van der Waals surface area contributed by atoms with Crippen molar-refractivity contribution in [1.82, 2.24) is 4.90 Å². The lowest BCUT2D eigenvalue weighted by Crippen LogP contribution is -2.29. The minimum absolute atomic E-state index is 0.0869. The van der Waals surface area contributed by atoms with Crippen LogP contribution >= 0.6 is 11.8 Å². The molecule has 2 nitrogen and oxygen atoms in total. The molecule has 2 aromatic rings. The molecule has 0 aromatic heterocycles. The summed E-state index contributed by atoms with van der Waals surface area (Å²) in [5, 5.41) is 0.128. The van der Waals surface area contributed by atoms with E-state index in [2.05, 4.69) is 32.0 Å². The summed E-state index contributed by atoms with van der Waals surface area (Å²) in [5.74, 6) is 1.08. The highest BCUT2D eigenvalue weighted by atomic mass is 32.2. The van der Waals surface area contributed by atoms with Crippen molar-refractivity contribution in [2.24, 2.45) is 0 Å². The molecule has 0 spiro atoms. The molecule has 0 saturated carbocycles. The molecule has 1 aliphatic rings. The van der Waals surface area contributed by atoms with Gasteiger partial charge in [-0.05, 0) is 36.6 Å². The SMILES string of the molecule is Cc1ccc([C@@H]2SCCN2C(=O)/C=C/c2ccccc2)c(C)c1. The van der Waals surface area contributed by atoms with E-state index in [1.54, 1.807) is 6.08 Å². The maximum Gasteiger partial charge on any atom is 0.247 e. The van der Waals surface area contributed by atoms with E-state index in [9.17, 15) is 4.79 Å². The van der Waals surface area contributed by atoms with Crippen LogP contribution in [0, 0.1) is 13.8 Å². The van der Waals surface area contributed by atoms with Gasteiger partial charge in [0, 0.05) is 18.4 Å². The van der Waals surface area contributed by atoms with Crippen LogP contribution in [0.3, 0.4) is 0 Å². The first-order chi connectivity index (χ1) is 11.1. The van der Waals surface area contributed by atoms with E-state index in [4.69, 9.17) is 0 Å². The van der Waals surface area contributed by atoms with Gasteiger partial charge in [-0.2, -0.15) is 0 Å². The fraction of sp³-hybridized carbons (Fsp3) is 0.250. The molecule has 0 aliphatic carbocycles. The van der Waals surface area contributed by atoms with Gasteiger partial charge in [-0.3, -0.25) is 4.79 Å². The number of hydrogen-bond acceptors (Lipinski definition) is 2. The molecule has 3 rings (SSSR count). The molecule has 1 amide bonds. The highest BCUT2D eigenvalue weighted by Crippen LogP contribution is 2.39. The van der Waals surface area contributed by atoms with Gasteiger partial charge in [-0.15, -0.1) is 11.8 Å². The summed E-state index contributed by atoms with van der Waals surface area (Å²) in [6.07, 6.45) is 3.59. The zero-order valence-corrected chi connectivity index (χ0v) is 14.3. The largest absolute Gasteiger partial charge is 0.322 e. The van der Waals surface area contributed by atoms with Crippen molar-refractivity contribution in [2.45, 2.75) is 19.2 Å². The van der Waals surface area contributed by atoms with Gasteiger partial charge in [0.05, 0.1) is 0 Å². The van der Waals surface area contributed by atoms with E-state index in [-0.39, 0.29) is 11.3 Å². The second kappa shape index (κ2) is 7.05. The lowest BCUT2D eigenvalue weighted by molar-refractivity contribution is -0.126. The van der Waals surface area contributed by atoms with Crippen molar-refractivity contribution in [3.05, 3.63) is 76.9 Å². The molecule has 1 heterocycles. The number of carbonyl (C=O) groups is 1. The zero-order chi connectivity index (χ0) is 16.2. The van der Waals surface area contributed by atoms with Crippen molar-refractivity contribution in [2.75, 3.05) is 12.3 Å². The normalized spacial score (nSPS) is 17.8. The minimum Gasteiger partial charge on any atom is -0.322 e. The van der Waals surface area contributed by atoms with Crippen molar-refractivity contribution < 1.29 is 4.79 Å². The van der Waals surface area contributed by atoms with E-state index < -0.39 is 0 Å². The van der Waals surface area contributed by atoms with Crippen LogP contribution in [0.25, 0.3) is 6.08 Å². The Bertz CT molecular complexity index is 724. The molecule has 0 unspecified atom stereocenters. The molecular formula is C20H21NOS. The average Bonchev–Trinajstić information content (AvgIpc) is 3.03. The van der Waals surface area contributed by atoms with Gasteiger partial charge in [0.2, 0.25) is 5.91 Å². The first kappa shape index (κ1) is 15.9. The van der Waals surface area contributed by atoms with E-state index in [1.807, 2.05) is 53.1 Å². The van der Waals surface area contributed by atoms with E-state index >= 15 is 0 Å². The fourth-order valence-electron chi connectivity index (χ4n) is 2.88. The average molecular weight is 323 g/mol. The topological polar surface area (TPSA) is 20.3 Å². The Hall–Kier alpha value is -2.00. The van der Waals surface area contributed by atoms with Crippen LogP contribution in [0.1, 0.15) is 27.6 Å². The second-order valence-corrected chi connectivity index (χ2v) is 7.05. The third kappa shape index (κ3) is 3.67. The minimum atomic E-state index is 0.0869. The van der Waals surface area contributed by atoms with Crippen LogP contribution in [-0.2, 0) is 4.79 Å². The van der Waals surface area contributed by atoms with Crippen LogP contribution in [-0.4, -0.2) is 23.1 Å². The summed E-state index contributed by atoms with van der Waals surface area (Å²) in [4.78, 5) is 14.6. The molecule has 118 valence electrons. The number of thioether (sulfide) groups is 1. The van der Waals surface area contributed by atoms with Crippen LogP contribution in [0.15, 0.2) is 54.6 Å². The van der Waals surface area contributed by atoms with Gasteiger partial charge in [0.1, 0.15) is 5.37 Å². The highest BCUT2D eigenvalue weighted by Gasteiger charge is 2.30. The molecule has 0 N–H and O–H groups in total. The third-order valence-electron chi connectivity index (χ3n) is 4.08. The van der Waals surface area contributed by atoms with Crippen LogP contribution in [0.2, 0.25) is 0 Å². The summed E-state index contributed by atoms with van der Waals surface area (Å²) in [7, 11) is 0. The summed E-state index contributed by atoms with van der Waals surface area (Å²) < 4.78 is 0. The van der Waals surface area contributed by atoms with Gasteiger partial charge < -0.3 is 4.90 Å². The summed E-state index contributed by atoms with van der Waals surface area (Å²) in [5.41, 5.74) is 4.82. The molecule has 23 heavy (non-hydrogen) atoms. The number of rotatable bonds is 3. The number of aryl methyl sites for hydroxylation is 2. The van der Waals surface area contributed by atoms with Crippen LogP contribution in [0.4, 0.5) is 0 Å². The molecule has 3 heteroatoms. The quantitative estimate of drug-likeness (QED) is 0.770. The van der Waals surface area contributed by atoms with E-state index in [1.165, 1.54) is 16.7 Å². The van der Waals surface area contributed by atoms with Gasteiger partial charge in [0.25, 0.3) is 0 Å². The number of amides is 1. The van der Waals surface area contributed by atoms with E-state index in [0.717, 1.165) is 17.9 Å². The Balaban J connectivity index is 1.78. The van der Waals surface area contributed by atoms with Gasteiger partial charge in [-0.25, -0.2) is 0 Å². The Kier molecular flexibility index (Phi) is 4.87. The van der Waals surface area contributed by atoms with Crippen molar-refractivity contribution in [3.8, 4) is 0 Å². The third-order valence-corrected chi connectivity index (χ3v) is 5.33. The maximum atomic E-state index is 12.6. The molecule has 1 atom stereocenters. The smallest absolute Gasteiger partial charge is 0.247 e. The second-order valence-electron chi connectivity index (χ2n) is 5.86. The summed E-state index contributed by atoms with van der Waals surface area (Å²) >= 11 is 1.84. The van der Waals surface area contributed by atoms with E-state index in [0.29, 0.717) is 0 Å². The Morgan fingerprint density at radius 1 is 1.17 bits per heavy atom. The summed E-state index contributed by atoms with van der Waals surface area (Å²) in [6, 6.07) is 16.4. The van der Waals surface area contributed by atoms with Gasteiger partial charge in [-0.1, -0.05) is 54.1 Å². The van der Waals surface area contributed by atoms with Crippen molar-refractivity contribution in [3.63, 3.8) is 0 Å². The molecule has 1 aliphatic heterocycles. The summed E-state index contributed by atoms with van der Waals surface area (Å²) in [6.45, 7) is 5.04. The van der Waals surface area contributed by atoms with Gasteiger partial charge in [0.15, 0.2) is 0 Å². The maximum absolute atomic E-state index is 12.6. The molecule has 1 fully saturated rings. The molecule has 0 bridgehead atoms. The number of benzene rings is 2. The Morgan fingerprint density at radius 2 is 1.96 bits per heavy atom. The first-order valence-corrected chi connectivity index (χ1v) is 8.92. The Morgan fingerprint density at radius 3 is 2.70 bits per heavy atom.